The van der Waals surface area contributed by atoms with E-state index in [1.165, 1.54) is 0 Å². The van der Waals surface area contributed by atoms with Crippen LogP contribution in [0.25, 0.3) is 11.3 Å². The molecule has 1 unspecified atom stereocenters. The molecule has 2 aromatic heterocycles. The Morgan fingerprint density at radius 1 is 1.08 bits per heavy atom. The fourth-order valence-electron chi connectivity index (χ4n) is 3.12. The summed E-state index contributed by atoms with van der Waals surface area (Å²) in [5.74, 6) is 1.10. The van der Waals surface area contributed by atoms with Crippen molar-refractivity contribution in [3.8, 4) is 11.3 Å². The molecule has 1 saturated heterocycles. The summed E-state index contributed by atoms with van der Waals surface area (Å²) in [4.78, 5) is 18.5. The maximum Gasteiger partial charge on any atom is 0.225 e. The summed E-state index contributed by atoms with van der Waals surface area (Å²) < 4.78 is 0. The van der Waals surface area contributed by atoms with Gasteiger partial charge in [0.1, 0.15) is 0 Å². The lowest BCUT2D eigenvalue weighted by Gasteiger charge is -2.32. The number of aromatic nitrogens is 3. The van der Waals surface area contributed by atoms with Gasteiger partial charge in [0, 0.05) is 37.1 Å². The number of pyridine rings is 1. The lowest BCUT2D eigenvalue weighted by molar-refractivity contribution is -0.125. The first-order valence-corrected chi connectivity index (χ1v) is 8.59. The van der Waals surface area contributed by atoms with Gasteiger partial charge in [-0.2, -0.15) is 0 Å². The molecule has 6 nitrogen and oxygen atoms in total. The number of carbonyl (C=O) groups excluding carboxylic acids is 1. The molecule has 6 heteroatoms. The largest absolute Gasteiger partial charge is 0.354 e. The van der Waals surface area contributed by atoms with Crippen LogP contribution < -0.4 is 10.2 Å². The van der Waals surface area contributed by atoms with E-state index >= 15 is 0 Å². The minimum atomic E-state index is 0.0565. The molecule has 2 fully saturated rings. The molecule has 2 aliphatic rings. The van der Waals surface area contributed by atoms with Crippen LogP contribution in [-0.4, -0.2) is 40.2 Å². The van der Waals surface area contributed by atoms with Crippen LogP contribution in [-0.2, 0) is 4.79 Å². The molecule has 1 amide bonds. The molecular weight excluding hydrogens is 302 g/mol. The number of anilines is 1. The maximum absolute atomic E-state index is 12.3. The molecule has 0 radical (unpaired) electrons. The Morgan fingerprint density at radius 2 is 1.92 bits per heavy atom. The van der Waals surface area contributed by atoms with Crippen LogP contribution in [0.15, 0.2) is 36.7 Å². The third kappa shape index (κ3) is 3.37. The van der Waals surface area contributed by atoms with E-state index in [9.17, 15) is 4.79 Å². The second kappa shape index (κ2) is 6.55. The lowest BCUT2D eigenvalue weighted by Crippen LogP contribution is -2.44. The Labute approximate surface area is 141 Å². The highest BCUT2D eigenvalue weighted by Crippen LogP contribution is 2.25. The Kier molecular flexibility index (Phi) is 4.11. The number of nitrogens with zero attached hydrogens (tertiary/aromatic N) is 4. The third-order valence-corrected chi connectivity index (χ3v) is 4.67. The average Bonchev–Trinajstić information content (AvgIpc) is 3.47. The van der Waals surface area contributed by atoms with Crippen molar-refractivity contribution in [2.45, 2.75) is 31.7 Å². The molecule has 0 spiro atoms. The summed E-state index contributed by atoms with van der Waals surface area (Å²) in [5, 5.41) is 11.8. The zero-order valence-electron chi connectivity index (χ0n) is 13.6. The monoisotopic (exact) mass is 323 g/mol. The molecule has 24 heavy (non-hydrogen) atoms. The number of piperidine rings is 1. The number of hydrogen-bond donors (Lipinski definition) is 1. The smallest absolute Gasteiger partial charge is 0.225 e. The number of rotatable bonds is 4. The van der Waals surface area contributed by atoms with Gasteiger partial charge < -0.3 is 10.2 Å². The quantitative estimate of drug-likeness (QED) is 0.932. The predicted molar refractivity (Wildman–Crippen MR) is 91.4 cm³/mol. The molecule has 1 aliphatic heterocycles. The first-order valence-electron chi connectivity index (χ1n) is 8.59. The van der Waals surface area contributed by atoms with Gasteiger partial charge in [-0.25, -0.2) is 0 Å². The highest BCUT2D eigenvalue weighted by atomic mass is 16.2. The summed E-state index contributed by atoms with van der Waals surface area (Å²) in [6.45, 7) is 1.65. The molecular formula is C18H21N5O. The maximum atomic E-state index is 12.3. The molecule has 1 N–H and O–H groups in total. The highest BCUT2D eigenvalue weighted by Gasteiger charge is 2.30. The number of amides is 1. The van der Waals surface area contributed by atoms with Crippen molar-refractivity contribution in [3.05, 3.63) is 36.7 Å². The summed E-state index contributed by atoms with van der Waals surface area (Å²) in [6, 6.07) is 8.23. The van der Waals surface area contributed by atoms with Gasteiger partial charge in [0.05, 0.1) is 11.6 Å². The van der Waals surface area contributed by atoms with E-state index in [2.05, 4.69) is 25.4 Å². The van der Waals surface area contributed by atoms with Crippen LogP contribution in [0.2, 0.25) is 0 Å². The summed E-state index contributed by atoms with van der Waals surface area (Å²) in [7, 11) is 0. The fraction of sp³-hybridized carbons (Fsp3) is 0.444. The highest BCUT2D eigenvalue weighted by molar-refractivity contribution is 5.80. The SMILES string of the molecule is O=C(NC1CC1)C1CCCN(c2ccc(-c3ccncc3)nn2)C1. The Morgan fingerprint density at radius 3 is 2.62 bits per heavy atom. The number of nitrogens with one attached hydrogen (secondary N) is 1. The summed E-state index contributed by atoms with van der Waals surface area (Å²) in [6.07, 6.45) is 7.72. The van der Waals surface area contributed by atoms with Gasteiger partial charge in [-0.3, -0.25) is 9.78 Å². The van der Waals surface area contributed by atoms with Gasteiger partial charge in [-0.05, 0) is 49.9 Å². The van der Waals surface area contributed by atoms with Gasteiger partial charge in [-0.1, -0.05) is 0 Å². The predicted octanol–water partition coefficient (Wildman–Crippen LogP) is 2.03. The van der Waals surface area contributed by atoms with Gasteiger partial charge in [0.15, 0.2) is 5.82 Å². The number of carbonyl (C=O) groups is 1. The summed E-state index contributed by atoms with van der Waals surface area (Å²) in [5.41, 5.74) is 1.84. The van der Waals surface area contributed by atoms with Gasteiger partial charge in [0.2, 0.25) is 5.91 Å². The average molecular weight is 323 g/mol. The molecule has 0 bridgehead atoms. The van der Waals surface area contributed by atoms with Crippen molar-refractivity contribution in [2.24, 2.45) is 5.92 Å². The van der Waals surface area contributed by atoms with Gasteiger partial charge in [-0.15, -0.1) is 10.2 Å². The van der Waals surface area contributed by atoms with Crippen molar-refractivity contribution in [1.82, 2.24) is 20.5 Å². The fourth-order valence-corrected chi connectivity index (χ4v) is 3.12. The minimum absolute atomic E-state index is 0.0565. The van der Waals surface area contributed by atoms with Crippen LogP contribution in [0.3, 0.4) is 0 Å². The first kappa shape index (κ1) is 15.1. The molecule has 1 saturated carbocycles. The molecule has 1 aliphatic carbocycles. The van der Waals surface area contributed by atoms with Crippen LogP contribution >= 0.6 is 0 Å². The van der Waals surface area contributed by atoms with E-state index in [-0.39, 0.29) is 11.8 Å². The van der Waals surface area contributed by atoms with E-state index in [1.54, 1.807) is 12.4 Å². The summed E-state index contributed by atoms with van der Waals surface area (Å²) >= 11 is 0. The topological polar surface area (TPSA) is 71.0 Å². The second-order valence-corrected chi connectivity index (χ2v) is 6.58. The molecule has 0 aromatic carbocycles. The van der Waals surface area contributed by atoms with Crippen LogP contribution in [0.5, 0.6) is 0 Å². The van der Waals surface area contributed by atoms with E-state index in [1.807, 2.05) is 24.3 Å². The minimum Gasteiger partial charge on any atom is -0.354 e. The Bertz CT molecular complexity index is 699. The zero-order chi connectivity index (χ0) is 16.4. The first-order chi connectivity index (χ1) is 11.8. The number of hydrogen-bond acceptors (Lipinski definition) is 5. The molecule has 1 atom stereocenters. The van der Waals surface area contributed by atoms with Crippen molar-refractivity contribution in [1.29, 1.82) is 0 Å². The van der Waals surface area contributed by atoms with Crippen LogP contribution in [0.1, 0.15) is 25.7 Å². The molecule has 3 heterocycles. The normalized spacial score (nSPS) is 20.7. The standard InChI is InChI=1S/C18H21N5O/c24-18(20-15-3-4-15)14-2-1-11-23(12-14)17-6-5-16(21-22-17)13-7-9-19-10-8-13/h5-10,14-15H,1-4,11-12H2,(H,20,24). The molecule has 124 valence electrons. The van der Waals surface area contributed by atoms with Crippen molar-refractivity contribution < 1.29 is 4.79 Å². The zero-order valence-corrected chi connectivity index (χ0v) is 13.6. The van der Waals surface area contributed by atoms with E-state index in [0.29, 0.717) is 6.04 Å². The molecule has 4 rings (SSSR count). The van der Waals surface area contributed by atoms with E-state index < -0.39 is 0 Å². The lowest BCUT2D eigenvalue weighted by atomic mass is 9.97. The van der Waals surface area contributed by atoms with Gasteiger partial charge in [0.25, 0.3) is 0 Å². The van der Waals surface area contributed by atoms with E-state index in [4.69, 9.17) is 0 Å². The second-order valence-electron chi connectivity index (χ2n) is 6.58. The molecule has 2 aromatic rings. The van der Waals surface area contributed by atoms with Crippen LogP contribution in [0, 0.1) is 5.92 Å². The third-order valence-electron chi connectivity index (χ3n) is 4.67. The van der Waals surface area contributed by atoms with Crippen LogP contribution in [0.4, 0.5) is 5.82 Å². The van der Waals surface area contributed by atoms with Crippen molar-refractivity contribution in [3.63, 3.8) is 0 Å². The van der Waals surface area contributed by atoms with Gasteiger partial charge >= 0.3 is 0 Å². The Hall–Kier alpha value is -2.50. The van der Waals surface area contributed by atoms with Crippen molar-refractivity contribution >= 4 is 11.7 Å². The Balaban J connectivity index is 1.44. The van der Waals surface area contributed by atoms with Crippen molar-refractivity contribution in [2.75, 3.05) is 18.0 Å². The van der Waals surface area contributed by atoms with E-state index in [0.717, 1.165) is 55.8 Å².